The minimum atomic E-state index is -1.63. The van der Waals surface area contributed by atoms with Crippen molar-refractivity contribution in [1.29, 1.82) is 0 Å². The van der Waals surface area contributed by atoms with Crippen molar-refractivity contribution in [3.8, 4) is 18.1 Å². The number of ether oxygens (including phenoxy) is 1. The van der Waals surface area contributed by atoms with Crippen LogP contribution in [-0.2, 0) is 4.79 Å². The van der Waals surface area contributed by atoms with Gasteiger partial charge in [-0.15, -0.1) is 6.42 Å². The second-order valence-corrected chi connectivity index (χ2v) is 3.35. The first-order chi connectivity index (χ1) is 8.06. The fraction of sp³-hybridized carbons (Fsp3) is 0.250. The van der Waals surface area contributed by atoms with Crippen LogP contribution in [-0.4, -0.2) is 28.8 Å². The van der Waals surface area contributed by atoms with Crippen molar-refractivity contribution >= 4 is 5.91 Å². The Morgan fingerprint density at radius 1 is 1.41 bits per heavy atom. The molecule has 5 nitrogen and oxygen atoms in total. The van der Waals surface area contributed by atoms with Crippen molar-refractivity contribution in [3.63, 3.8) is 0 Å². The number of aliphatic hydroxyl groups excluding tert-OH is 2. The van der Waals surface area contributed by atoms with Gasteiger partial charge in [0.05, 0.1) is 0 Å². The van der Waals surface area contributed by atoms with Gasteiger partial charge in [0.25, 0.3) is 0 Å². The predicted molar refractivity (Wildman–Crippen MR) is 60.9 cm³/mol. The van der Waals surface area contributed by atoms with Crippen molar-refractivity contribution in [2.24, 2.45) is 5.73 Å². The number of rotatable bonds is 5. The Labute approximate surface area is 98.8 Å². The molecular formula is C12H13NO4. The highest BCUT2D eigenvalue weighted by atomic mass is 16.5. The molecule has 0 aliphatic rings. The Bertz CT molecular complexity index is 421. The molecule has 0 aliphatic heterocycles. The Morgan fingerprint density at radius 2 is 2.00 bits per heavy atom. The van der Waals surface area contributed by atoms with Gasteiger partial charge < -0.3 is 20.7 Å². The van der Waals surface area contributed by atoms with E-state index >= 15 is 0 Å². The zero-order chi connectivity index (χ0) is 12.8. The van der Waals surface area contributed by atoms with Crippen LogP contribution in [0.1, 0.15) is 11.7 Å². The Morgan fingerprint density at radius 3 is 2.47 bits per heavy atom. The average molecular weight is 235 g/mol. The minimum Gasteiger partial charge on any atom is -0.481 e. The number of terminal acetylenes is 1. The number of amides is 1. The first-order valence-corrected chi connectivity index (χ1v) is 4.88. The van der Waals surface area contributed by atoms with Crippen molar-refractivity contribution in [2.45, 2.75) is 12.2 Å². The standard InChI is InChI=1S/C12H13NO4/c1-2-7-17-9-5-3-8(4-6-9)10(14)11(15)12(13)16/h1,3-6,10-11,14-15H,7H2,(H2,13,16). The lowest BCUT2D eigenvalue weighted by Crippen LogP contribution is -2.33. The molecule has 1 aromatic carbocycles. The molecule has 1 aromatic rings. The van der Waals surface area contributed by atoms with Crippen LogP contribution in [0.15, 0.2) is 24.3 Å². The summed E-state index contributed by atoms with van der Waals surface area (Å²) in [6.07, 6.45) is 2.04. The number of hydrogen-bond donors (Lipinski definition) is 3. The quantitative estimate of drug-likeness (QED) is 0.604. The van der Waals surface area contributed by atoms with Crippen LogP contribution in [0, 0.1) is 12.3 Å². The van der Waals surface area contributed by atoms with Crippen LogP contribution in [0.4, 0.5) is 0 Å². The van der Waals surface area contributed by atoms with Gasteiger partial charge in [0.2, 0.25) is 5.91 Å². The third kappa shape index (κ3) is 3.48. The molecule has 90 valence electrons. The number of benzene rings is 1. The van der Waals surface area contributed by atoms with Crippen molar-refractivity contribution < 1.29 is 19.7 Å². The lowest BCUT2D eigenvalue weighted by atomic mass is 10.0. The molecule has 1 amide bonds. The molecule has 0 radical (unpaired) electrons. The number of hydrogen-bond acceptors (Lipinski definition) is 4. The van der Waals surface area contributed by atoms with Crippen molar-refractivity contribution in [1.82, 2.24) is 0 Å². The third-order valence-corrected chi connectivity index (χ3v) is 2.13. The summed E-state index contributed by atoms with van der Waals surface area (Å²) < 4.78 is 5.13. The molecule has 2 atom stereocenters. The highest BCUT2D eigenvalue weighted by Crippen LogP contribution is 2.20. The average Bonchev–Trinajstić information content (AvgIpc) is 2.35. The Balaban J connectivity index is 2.74. The zero-order valence-electron chi connectivity index (χ0n) is 9.04. The van der Waals surface area contributed by atoms with Crippen LogP contribution in [0.3, 0.4) is 0 Å². The number of aliphatic hydroxyl groups is 2. The predicted octanol–water partition coefficient (Wildman–Crippen LogP) is -0.422. The van der Waals surface area contributed by atoms with E-state index in [0.29, 0.717) is 11.3 Å². The van der Waals surface area contributed by atoms with Gasteiger partial charge in [-0.25, -0.2) is 0 Å². The van der Waals surface area contributed by atoms with E-state index in [-0.39, 0.29) is 6.61 Å². The maximum absolute atomic E-state index is 10.7. The fourth-order valence-electron chi connectivity index (χ4n) is 1.22. The van der Waals surface area contributed by atoms with E-state index in [9.17, 15) is 15.0 Å². The van der Waals surface area contributed by atoms with Crippen LogP contribution < -0.4 is 10.5 Å². The molecule has 0 aromatic heterocycles. The molecule has 1 rings (SSSR count). The van der Waals surface area contributed by atoms with E-state index in [1.807, 2.05) is 0 Å². The molecule has 0 aliphatic carbocycles. The van der Waals surface area contributed by atoms with E-state index < -0.39 is 18.1 Å². The summed E-state index contributed by atoms with van der Waals surface area (Å²) in [5.74, 6) is 1.87. The summed E-state index contributed by atoms with van der Waals surface area (Å²) in [5.41, 5.74) is 5.24. The molecule has 0 heterocycles. The monoisotopic (exact) mass is 235 g/mol. The van der Waals surface area contributed by atoms with Gasteiger partial charge in [0.15, 0.2) is 6.10 Å². The summed E-state index contributed by atoms with van der Waals surface area (Å²) in [5, 5.41) is 18.9. The van der Waals surface area contributed by atoms with Gasteiger partial charge >= 0.3 is 0 Å². The molecule has 0 saturated carbocycles. The molecule has 0 fully saturated rings. The van der Waals surface area contributed by atoms with Gasteiger partial charge in [-0.3, -0.25) is 4.79 Å². The van der Waals surface area contributed by atoms with Gasteiger partial charge in [0.1, 0.15) is 18.5 Å². The molecule has 17 heavy (non-hydrogen) atoms. The van der Waals surface area contributed by atoms with Gasteiger partial charge in [0, 0.05) is 0 Å². The molecule has 5 heteroatoms. The Hall–Kier alpha value is -2.03. The molecule has 0 saturated heterocycles. The van der Waals surface area contributed by atoms with Gasteiger partial charge in [-0.05, 0) is 17.7 Å². The summed E-state index contributed by atoms with van der Waals surface area (Å²) >= 11 is 0. The number of carbonyl (C=O) groups is 1. The number of primary amides is 1. The SMILES string of the molecule is C#CCOc1ccc(C(O)C(O)C(N)=O)cc1. The highest BCUT2D eigenvalue weighted by molar-refractivity contribution is 5.79. The van der Waals surface area contributed by atoms with Crippen LogP contribution in [0.2, 0.25) is 0 Å². The molecule has 0 spiro atoms. The van der Waals surface area contributed by atoms with E-state index in [4.69, 9.17) is 16.9 Å². The lowest BCUT2D eigenvalue weighted by Gasteiger charge is -2.15. The van der Waals surface area contributed by atoms with E-state index in [0.717, 1.165) is 0 Å². The van der Waals surface area contributed by atoms with Gasteiger partial charge in [-0.1, -0.05) is 18.1 Å². The maximum atomic E-state index is 10.7. The van der Waals surface area contributed by atoms with Gasteiger partial charge in [-0.2, -0.15) is 0 Å². The minimum absolute atomic E-state index is 0.145. The largest absolute Gasteiger partial charge is 0.481 e. The van der Waals surface area contributed by atoms with E-state index in [2.05, 4.69) is 5.92 Å². The van der Waals surface area contributed by atoms with Crippen LogP contribution in [0.25, 0.3) is 0 Å². The second kappa shape index (κ2) is 5.89. The van der Waals surface area contributed by atoms with Crippen LogP contribution >= 0.6 is 0 Å². The van der Waals surface area contributed by atoms with E-state index in [1.54, 1.807) is 12.1 Å². The van der Waals surface area contributed by atoms with Crippen molar-refractivity contribution in [3.05, 3.63) is 29.8 Å². The molecular weight excluding hydrogens is 222 g/mol. The second-order valence-electron chi connectivity index (χ2n) is 3.35. The maximum Gasteiger partial charge on any atom is 0.249 e. The topological polar surface area (TPSA) is 92.8 Å². The van der Waals surface area contributed by atoms with Crippen LogP contribution in [0.5, 0.6) is 5.75 Å². The smallest absolute Gasteiger partial charge is 0.249 e. The summed E-state index contributed by atoms with van der Waals surface area (Å²) in [4.78, 5) is 10.7. The first kappa shape index (κ1) is 13.0. The summed E-state index contributed by atoms with van der Waals surface area (Å²) in [6.45, 7) is 0.145. The third-order valence-electron chi connectivity index (χ3n) is 2.13. The Kier molecular flexibility index (Phi) is 4.52. The normalized spacial score (nSPS) is 13.5. The molecule has 4 N–H and O–H groups in total. The molecule has 0 bridgehead atoms. The zero-order valence-corrected chi connectivity index (χ0v) is 9.04. The molecule has 2 unspecified atom stereocenters. The van der Waals surface area contributed by atoms with E-state index in [1.165, 1.54) is 12.1 Å². The highest BCUT2D eigenvalue weighted by Gasteiger charge is 2.23. The fourth-order valence-corrected chi connectivity index (χ4v) is 1.22. The lowest BCUT2D eigenvalue weighted by molar-refractivity contribution is -0.131. The summed E-state index contributed by atoms with van der Waals surface area (Å²) in [6, 6.07) is 6.18. The number of carbonyl (C=O) groups excluding carboxylic acids is 1. The first-order valence-electron chi connectivity index (χ1n) is 4.88. The number of nitrogens with two attached hydrogens (primary N) is 1. The van der Waals surface area contributed by atoms with Crippen molar-refractivity contribution in [2.75, 3.05) is 6.61 Å². The summed E-state index contributed by atoms with van der Waals surface area (Å²) in [7, 11) is 0.